The highest BCUT2D eigenvalue weighted by Crippen LogP contribution is 2.16. The fourth-order valence-electron chi connectivity index (χ4n) is 2.94. The molecule has 1 fully saturated rings. The van der Waals surface area contributed by atoms with Crippen molar-refractivity contribution in [2.45, 2.75) is 58.7 Å². The van der Waals surface area contributed by atoms with Gasteiger partial charge in [0.25, 0.3) is 0 Å². The monoisotopic (exact) mass is 274 g/mol. The lowest BCUT2D eigenvalue weighted by Gasteiger charge is -2.23. The summed E-state index contributed by atoms with van der Waals surface area (Å²) in [6.45, 7) is 9.35. The minimum absolute atomic E-state index is 0.00332. The number of hydrogen-bond acceptors (Lipinski definition) is 2. The molecule has 2 rings (SSSR count). The average Bonchev–Trinajstić information content (AvgIpc) is 2.74. The zero-order valence-electron chi connectivity index (χ0n) is 13.0. The number of benzene rings is 1. The van der Waals surface area contributed by atoms with E-state index >= 15 is 0 Å². The van der Waals surface area contributed by atoms with E-state index in [-0.39, 0.29) is 11.9 Å². The van der Waals surface area contributed by atoms with Gasteiger partial charge in [-0.05, 0) is 51.7 Å². The molecule has 0 aliphatic carbocycles. The van der Waals surface area contributed by atoms with Crippen LogP contribution in [0.3, 0.4) is 0 Å². The third kappa shape index (κ3) is 3.40. The molecule has 1 N–H and O–H groups in total. The van der Waals surface area contributed by atoms with Crippen LogP contribution in [0.1, 0.15) is 38.3 Å². The Hall–Kier alpha value is -1.35. The highest BCUT2D eigenvalue weighted by molar-refractivity contribution is 5.84. The summed E-state index contributed by atoms with van der Waals surface area (Å²) in [5.74, 6) is 0.261. The first-order valence-electron chi connectivity index (χ1n) is 7.60. The Labute approximate surface area is 122 Å². The van der Waals surface area contributed by atoms with E-state index in [1.807, 2.05) is 4.90 Å². The summed E-state index contributed by atoms with van der Waals surface area (Å²) in [7, 11) is 0. The molecule has 1 heterocycles. The smallest absolute Gasteiger partial charge is 0.240 e. The molecule has 0 spiro atoms. The maximum atomic E-state index is 12.3. The largest absolute Gasteiger partial charge is 0.339 e. The summed E-state index contributed by atoms with van der Waals surface area (Å²) < 4.78 is 0. The number of likely N-dealkylation sites (tertiary alicyclic amines) is 1. The van der Waals surface area contributed by atoms with Gasteiger partial charge < -0.3 is 10.2 Å². The van der Waals surface area contributed by atoms with Gasteiger partial charge in [0.15, 0.2) is 0 Å². The summed E-state index contributed by atoms with van der Waals surface area (Å²) in [6, 6.07) is 9.08. The second kappa shape index (κ2) is 6.40. The zero-order chi connectivity index (χ0) is 14.7. The number of aryl methyl sites for hydroxylation is 1. The number of carbonyl (C=O) groups is 1. The molecular formula is C17H26N2O. The van der Waals surface area contributed by atoms with Crippen LogP contribution in [0.15, 0.2) is 24.3 Å². The molecule has 110 valence electrons. The lowest BCUT2D eigenvalue weighted by molar-refractivity contribution is -0.130. The predicted octanol–water partition coefficient (Wildman–Crippen LogP) is 2.52. The van der Waals surface area contributed by atoms with Crippen LogP contribution in [0, 0.1) is 6.92 Å². The van der Waals surface area contributed by atoms with Crippen molar-refractivity contribution >= 4 is 5.91 Å². The van der Waals surface area contributed by atoms with E-state index in [1.54, 1.807) is 0 Å². The van der Waals surface area contributed by atoms with E-state index in [9.17, 15) is 4.79 Å². The molecule has 0 saturated carbocycles. The molecule has 0 radical (unpaired) electrons. The molecule has 1 amide bonds. The van der Waals surface area contributed by atoms with Gasteiger partial charge in [-0.3, -0.25) is 4.79 Å². The third-order valence-corrected chi connectivity index (χ3v) is 4.14. The Kier molecular flexibility index (Phi) is 4.81. The van der Waals surface area contributed by atoms with Crippen LogP contribution in [-0.2, 0) is 11.2 Å². The lowest BCUT2D eigenvalue weighted by atomic mass is 10.0. The average molecular weight is 274 g/mol. The van der Waals surface area contributed by atoms with Crippen LogP contribution in [0.4, 0.5) is 0 Å². The van der Waals surface area contributed by atoms with Crippen molar-refractivity contribution in [1.29, 1.82) is 0 Å². The van der Waals surface area contributed by atoms with E-state index < -0.39 is 0 Å². The van der Waals surface area contributed by atoms with Crippen LogP contribution in [0.2, 0.25) is 0 Å². The van der Waals surface area contributed by atoms with E-state index in [1.165, 1.54) is 11.1 Å². The summed E-state index contributed by atoms with van der Waals surface area (Å²) in [5.41, 5.74) is 2.68. The van der Waals surface area contributed by atoms with Gasteiger partial charge in [-0.1, -0.05) is 24.3 Å². The minimum Gasteiger partial charge on any atom is -0.339 e. The molecule has 2 atom stereocenters. The van der Waals surface area contributed by atoms with E-state index in [4.69, 9.17) is 0 Å². The number of nitrogens with one attached hydrogen (secondary N) is 1. The van der Waals surface area contributed by atoms with Crippen molar-refractivity contribution in [3.63, 3.8) is 0 Å². The number of amides is 1. The van der Waals surface area contributed by atoms with Crippen LogP contribution in [-0.4, -0.2) is 35.5 Å². The van der Waals surface area contributed by atoms with Crippen molar-refractivity contribution in [3.05, 3.63) is 35.4 Å². The highest BCUT2D eigenvalue weighted by atomic mass is 16.2. The fraction of sp³-hybridized carbons (Fsp3) is 0.588. The van der Waals surface area contributed by atoms with Gasteiger partial charge in [-0.25, -0.2) is 0 Å². The molecule has 1 saturated heterocycles. The Bertz CT molecular complexity index is 470. The second-order valence-electron chi connectivity index (χ2n) is 6.16. The number of rotatable bonds is 5. The normalized spacial score (nSPS) is 20.8. The SMILES string of the molecule is Cc1ccccc1C[C@H](C)N[C@@H]1CCN(C(C)C)C1=O. The molecule has 20 heavy (non-hydrogen) atoms. The number of nitrogens with zero attached hydrogens (tertiary/aromatic N) is 1. The minimum atomic E-state index is -0.00332. The summed E-state index contributed by atoms with van der Waals surface area (Å²) in [6.07, 6.45) is 1.90. The van der Waals surface area contributed by atoms with Crippen molar-refractivity contribution in [2.75, 3.05) is 6.54 Å². The highest BCUT2D eigenvalue weighted by Gasteiger charge is 2.33. The Morgan fingerprint density at radius 1 is 1.30 bits per heavy atom. The van der Waals surface area contributed by atoms with Crippen LogP contribution >= 0.6 is 0 Å². The van der Waals surface area contributed by atoms with Crippen molar-refractivity contribution in [2.24, 2.45) is 0 Å². The molecule has 0 aromatic heterocycles. The van der Waals surface area contributed by atoms with Gasteiger partial charge in [-0.2, -0.15) is 0 Å². The van der Waals surface area contributed by atoms with Gasteiger partial charge in [0.1, 0.15) is 0 Å². The van der Waals surface area contributed by atoms with E-state index in [2.05, 4.69) is 57.3 Å². The maximum absolute atomic E-state index is 12.3. The van der Waals surface area contributed by atoms with E-state index in [0.29, 0.717) is 12.1 Å². The van der Waals surface area contributed by atoms with Gasteiger partial charge >= 0.3 is 0 Å². The van der Waals surface area contributed by atoms with Gasteiger partial charge in [0.05, 0.1) is 6.04 Å². The molecular weight excluding hydrogens is 248 g/mol. The van der Waals surface area contributed by atoms with E-state index in [0.717, 1.165) is 19.4 Å². The Balaban J connectivity index is 1.91. The Morgan fingerprint density at radius 2 is 2.00 bits per heavy atom. The molecule has 0 bridgehead atoms. The fourth-order valence-corrected chi connectivity index (χ4v) is 2.94. The molecule has 0 unspecified atom stereocenters. The molecule has 3 heteroatoms. The lowest BCUT2D eigenvalue weighted by Crippen LogP contribution is -2.44. The third-order valence-electron chi connectivity index (χ3n) is 4.14. The zero-order valence-corrected chi connectivity index (χ0v) is 13.0. The summed E-state index contributed by atoms with van der Waals surface area (Å²) in [5, 5.41) is 3.50. The topological polar surface area (TPSA) is 32.3 Å². The standard InChI is InChI=1S/C17H26N2O/c1-12(2)19-10-9-16(17(19)20)18-14(4)11-15-8-6-5-7-13(15)3/h5-8,12,14,16,18H,9-11H2,1-4H3/t14-,16+/m0/s1. The first-order chi connectivity index (χ1) is 9.49. The molecule has 1 aromatic carbocycles. The second-order valence-corrected chi connectivity index (χ2v) is 6.16. The number of hydrogen-bond donors (Lipinski definition) is 1. The van der Waals surface area contributed by atoms with Gasteiger partial charge in [-0.15, -0.1) is 0 Å². The quantitative estimate of drug-likeness (QED) is 0.895. The molecule has 1 aromatic rings. The summed E-state index contributed by atoms with van der Waals surface area (Å²) in [4.78, 5) is 14.2. The molecule has 1 aliphatic heterocycles. The first kappa shape index (κ1) is 15.0. The first-order valence-corrected chi connectivity index (χ1v) is 7.60. The number of carbonyl (C=O) groups excluding carboxylic acids is 1. The van der Waals surface area contributed by atoms with Crippen LogP contribution < -0.4 is 5.32 Å². The van der Waals surface area contributed by atoms with Crippen LogP contribution in [0.5, 0.6) is 0 Å². The van der Waals surface area contributed by atoms with Crippen LogP contribution in [0.25, 0.3) is 0 Å². The molecule has 1 aliphatic rings. The van der Waals surface area contributed by atoms with Gasteiger partial charge in [0, 0.05) is 18.6 Å². The molecule has 3 nitrogen and oxygen atoms in total. The van der Waals surface area contributed by atoms with Crippen molar-refractivity contribution < 1.29 is 4.79 Å². The van der Waals surface area contributed by atoms with Crippen molar-refractivity contribution in [1.82, 2.24) is 10.2 Å². The van der Waals surface area contributed by atoms with Gasteiger partial charge in [0.2, 0.25) is 5.91 Å². The van der Waals surface area contributed by atoms with Crippen molar-refractivity contribution in [3.8, 4) is 0 Å². The predicted molar refractivity (Wildman–Crippen MR) is 82.7 cm³/mol. The summed E-state index contributed by atoms with van der Waals surface area (Å²) >= 11 is 0. The Morgan fingerprint density at radius 3 is 2.60 bits per heavy atom. The maximum Gasteiger partial charge on any atom is 0.240 e.